The summed E-state index contributed by atoms with van der Waals surface area (Å²) in [5, 5.41) is 19.8. The molecule has 15 heterocycles. The van der Waals surface area contributed by atoms with Crippen molar-refractivity contribution in [3.8, 4) is 56.3 Å². The lowest BCUT2D eigenvalue weighted by molar-refractivity contribution is -0.659. The number of aromatic nitrogens is 10. The van der Waals surface area contributed by atoms with Crippen molar-refractivity contribution in [2.24, 2.45) is 46.6 Å². The zero-order valence-corrected chi connectivity index (χ0v) is 86.9. The van der Waals surface area contributed by atoms with Crippen molar-refractivity contribution in [3.63, 3.8) is 0 Å². The molecule has 0 saturated heterocycles. The minimum atomic E-state index is 0.243. The molecule has 144 heavy (non-hydrogen) atoms. The number of benzene rings is 10. The van der Waals surface area contributed by atoms with Gasteiger partial charge in [-0.2, -0.15) is 13.7 Å². The van der Waals surface area contributed by atoms with Gasteiger partial charge in [0.25, 0.3) is 0 Å². The molecule has 0 amide bonds. The number of aryl methyl sites for hydroxylation is 16. The lowest BCUT2D eigenvalue weighted by Gasteiger charge is -2.19. The van der Waals surface area contributed by atoms with Crippen LogP contribution in [0.3, 0.4) is 0 Å². The van der Waals surface area contributed by atoms with Gasteiger partial charge in [0, 0.05) is 152 Å². The van der Waals surface area contributed by atoms with Crippen LogP contribution in [-0.2, 0) is 54.5 Å². The SMILES string of the molecule is CCCc1cccc2c1ccc(-c1c(C)ccc3c1oc1nc(C)ccc13)[n+]2C.Cc1ccc2c(n1)oc1c(-c3c4ccccc4cc[n+]3C)c(C)c(C)cc12.Cc1ccc2c(n1)oc1c(-c3cc4ccccc4c[n+]3C)c(C)c(C)cc12.Cc1ccc2c(n1)oc1c(-c3ccc4c(CC(C)(C)C)cccc4[n+]3C)c(C)ccc12.Cc1ccc2c(n1)oc1c(-c3ccc4c(CC(C)C)cccc4[n+]3C)c(C)ccc12. The van der Waals surface area contributed by atoms with Crippen LogP contribution in [-0.4, -0.2) is 24.9 Å². The van der Waals surface area contributed by atoms with Crippen LogP contribution in [0.15, 0.2) is 295 Å². The van der Waals surface area contributed by atoms with Crippen LogP contribution in [0.25, 0.3) is 221 Å². The molecule has 0 bridgehead atoms. The van der Waals surface area contributed by atoms with Crippen LogP contribution in [0.5, 0.6) is 0 Å². The fourth-order valence-electron chi connectivity index (χ4n) is 21.7. The van der Waals surface area contributed by atoms with Crippen LogP contribution >= 0.6 is 0 Å². The fourth-order valence-corrected chi connectivity index (χ4v) is 21.7. The normalized spacial score (nSPS) is 11.9. The van der Waals surface area contributed by atoms with E-state index in [-0.39, 0.29) is 5.41 Å². The number of hydrogen-bond donors (Lipinski definition) is 0. The van der Waals surface area contributed by atoms with E-state index in [1.54, 1.807) is 0 Å². The molecule has 15 aromatic heterocycles. The molecule has 0 radical (unpaired) electrons. The van der Waals surface area contributed by atoms with Gasteiger partial charge in [-0.15, -0.1) is 0 Å². The van der Waals surface area contributed by atoms with Crippen LogP contribution < -0.4 is 22.8 Å². The Morgan fingerprint density at radius 1 is 0.285 bits per heavy atom. The predicted octanol–water partition coefficient (Wildman–Crippen LogP) is 30.6. The molecule has 0 unspecified atom stereocenters. The smallest absolute Gasteiger partial charge is 0.227 e. The molecule has 10 aromatic carbocycles. The van der Waals surface area contributed by atoms with Crippen molar-refractivity contribution in [2.75, 3.05) is 0 Å². The monoisotopic (exact) mass is 1890 g/mol. The third-order valence-corrected chi connectivity index (χ3v) is 29.2. The molecule has 0 saturated carbocycles. The Labute approximate surface area is 839 Å². The molecule has 15 heteroatoms. The van der Waals surface area contributed by atoms with E-state index < -0.39 is 0 Å². The number of pyridine rings is 10. The highest BCUT2D eigenvalue weighted by atomic mass is 16.4. The second-order valence-corrected chi connectivity index (χ2v) is 41.3. The molecule has 0 spiro atoms. The fraction of sp³-hybridized carbons (Fsp3) is 0.225. The molecular weight excluding hydrogens is 1770 g/mol. The molecule has 0 aliphatic carbocycles. The largest absolute Gasteiger partial charge is 0.437 e. The summed E-state index contributed by atoms with van der Waals surface area (Å²) < 4.78 is 42.9. The van der Waals surface area contributed by atoms with Gasteiger partial charge in [0.05, 0.1) is 33.2 Å². The van der Waals surface area contributed by atoms with Gasteiger partial charge in [-0.05, 0) is 283 Å². The number of furan rings is 5. The van der Waals surface area contributed by atoms with E-state index in [9.17, 15) is 0 Å². The first-order valence-electron chi connectivity index (χ1n) is 50.3. The second-order valence-electron chi connectivity index (χ2n) is 41.3. The number of hydrogen-bond acceptors (Lipinski definition) is 10. The summed E-state index contributed by atoms with van der Waals surface area (Å²) in [6.07, 6.45) is 8.68. The van der Waals surface area contributed by atoms with Gasteiger partial charge >= 0.3 is 0 Å². The Morgan fingerprint density at radius 2 is 0.632 bits per heavy atom. The minimum Gasteiger partial charge on any atom is -0.437 e. The predicted molar refractivity (Wildman–Crippen MR) is 591 cm³/mol. The van der Waals surface area contributed by atoms with E-state index in [0.717, 1.165) is 187 Å². The van der Waals surface area contributed by atoms with Crippen molar-refractivity contribution in [1.29, 1.82) is 0 Å². The summed E-state index contributed by atoms with van der Waals surface area (Å²) in [7, 11) is 10.7. The zero-order valence-electron chi connectivity index (χ0n) is 86.9. The van der Waals surface area contributed by atoms with Crippen molar-refractivity contribution in [2.45, 2.75) is 150 Å². The standard InChI is InChI=1S/C28H29N2O.C27H27N2O.C26H25N2O.2C24H21N2O/c1-17-10-12-21-22-13-11-18(2)29-27(22)31-26(21)25(17)24-15-14-20-19(16-28(3,4)5)8-7-9-23(20)30(24)6;1-16(2)15-19-7-6-8-23-20(19)13-14-24(29(23)5)25-17(3)9-11-21-22-12-10-18(4)28-27(22)30-26(21)25;1-5-7-18-8-6-9-22-19(18)14-15-23(28(22)4)24-16(2)10-12-20-21-13-11-17(3)27-26(21)29-25(20)24;1-14-11-20-19-10-9-15(2)25-24(19)27-23(20)22(16(14)3)21-12-17-7-5-6-8-18(17)13-26(21)4;1-14-13-20-19-10-9-15(2)25-24(19)27-23(20)21(16(14)3)22-18-8-6-5-7-17(18)11-12-26(22)4/h7-15H,16H2,1-6H3;6-14,16H,15H2,1-5H3;6,8-15H,5,7H2,1-4H3;2*5-13H,1-4H3/q5*+1. The summed E-state index contributed by atoms with van der Waals surface area (Å²) in [5.41, 5.74) is 41.2. The molecule has 714 valence electrons. The zero-order chi connectivity index (χ0) is 100. The van der Waals surface area contributed by atoms with E-state index >= 15 is 0 Å². The summed E-state index contributed by atoms with van der Waals surface area (Å²) in [6, 6.07) is 93.0. The van der Waals surface area contributed by atoms with Gasteiger partial charge in [-0.3, -0.25) is 0 Å². The molecule has 25 aromatic rings. The Hall–Kier alpha value is -16.0. The van der Waals surface area contributed by atoms with Crippen molar-refractivity contribution < 1.29 is 44.9 Å². The maximum absolute atomic E-state index is 6.33. The van der Waals surface area contributed by atoms with Gasteiger partial charge in [-0.25, -0.2) is 34.1 Å². The highest BCUT2D eigenvalue weighted by molar-refractivity contribution is 6.15. The molecule has 0 N–H and O–H groups in total. The quantitative estimate of drug-likeness (QED) is 0.121. The van der Waals surface area contributed by atoms with Crippen molar-refractivity contribution in [3.05, 3.63) is 357 Å². The van der Waals surface area contributed by atoms with E-state index in [4.69, 9.17) is 22.1 Å². The molecule has 15 nitrogen and oxygen atoms in total. The minimum absolute atomic E-state index is 0.243. The average Bonchev–Trinajstić information content (AvgIpc) is 1.64. The summed E-state index contributed by atoms with van der Waals surface area (Å²) >= 11 is 0. The van der Waals surface area contributed by atoms with Gasteiger partial charge in [0.15, 0.2) is 40.3 Å². The Bertz CT molecular complexity index is 9540. The number of nitrogens with zero attached hydrogens (tertiary/aromatic N) is 10. The van der Waals surface area contributed by atoms with Gasteiger partial charge in [0.2, 0.25) is 73.6 Å². The van der Waals surface area contributed by atoms with Crippen molar-refractivity contribution >= 4 is 165 Å². The first kappa shape index (κ1) is 94.3. The van der Waals surface area contributed by atoms with Gasteiger partial charge in [-0.1, -0.05) is 157 Å². The second kappa shape index (κ2) is 37.5. The van der Waals surface area contributed by atoms with Crippen LogP contribution in [0.1, 0.15) is 132 Å². The van der Waals surface area contributed by atoms with Crippen molar-refractivity contribution in [1.82, 2.24) is 24.9 Å². The van der Waals surface area contributed by atoms with E-state index in [1.807, 2.05) is 65.0 Å². The first-order valence-corrected chi connectivity index (χ1v) is 50.3. The summed E-state index contributed by atoms with van der Waals surface area (Å²) in [4.78, 5) is 23.1. The lowest BCUT2D eigenvalue weighted by atomic mass is 9.86. The van der Waals surface area contributed by atoms with E-state index in [1.165, 1.54) is 116 Å². The van der Waals surface area contributed by atoms with Gasteiger partial charge in [0.1, 0.15) is 35.2 Å². The third kappa shape index (κ3) is 17.0. The Kier molecular flexibility index (Phi) is 24.5. The van der Waals surface area contributed by atoms with Gasteiger partial charge < -0.3 is 22.1 Å². The summed E-state index contributed by atoms with van der Waals surface area (Å²) in [5.74, 6) is 0.628. The number of rotatable bonds is 10. The molecule has 0 fully saturated rings. The third-order valence-electron chi connectivity index (χ3n) is 29.2. The molecule has 0 aliphatic heterocycles. The molecule has 0 aliphatic rings. The van der Waals surface area contributed by atoms with Crippen LogP contribution in [0, 0.1) is 94.4 Å². The number of fused-ring (bicyclic) bond motifs is 20. The molecule has 0 atom stereocenters. The van der Waals surface area contributed by atoms with Crippen LogP contribution in [0.2, 0.25) is 0 Å². The molecule has 25 rings (SSSR count). The highest BCUT2D eigenvalue weighted by Gasteiger charge is 2.32. The Balaban J connectivity index is 0.000000106. The van der Waals surface area contributed by atoms with E-state index in [0.29, 0.717) is 34.5 Å². The average molecular weight is 1890 g/mol. The first-order chi connectivity index (χ1) is 69.3. The maximum Gasteiger partial charge on any atom is 0.227 e. The van der Waals surface area contributed by atoms with Crippen LogP contribution in [0.4, 0.5) is 0 Å². The Morgan fingerprint density at radius 3 is 1.05 bits per heavy atom. The summed E-state index contributed by atoms with van der Waals surface area (Å²) in [6.45, 7) is 38.8. The topological polar surface area (TPSA) is 150 Å². The molecular formula is C129H123N10O5+5. The highest BCUT2D eigenvalue weighted by Crippen LogP contribution is 2.46. The maximum atomic E-state index is 6.33. The lowest BCUT2D eigenvalue weighted by Crippen LogP contribution is -2.32. The van der Waals surface area contributed by atoms with E-state index in [2.05, 4.69) is 416 Å².